The molecule has 0 atom stereocenters. The number of hydrogen-bond acceptors (Lipinski definition) is 3. The third-order valence-corrected chi connectivity index (χ3v) is 4.11. The van der Waals surface area contributed by atoms with Crippen molar-refractivity contribution in [3.05, 3.63) is 82.9 Å². The SMILES string of the molecule is COc1cc(-n2cccc2)c(Cl)cc1C(=O)NNC(=O)c1ccccc1F. The summed E-state index contributed by atoms with van der Waals surface area (Å²) < 4.78 is 20.7. The molecule has 3 aromatic rings. The minimum absolute atomic E-state index is 0.118. The van der Waals surface area contributed by atoms with Crippen LogP contribution in [-0.2, 0) is 0 Å². The van der Waals surface area contributed by atoms with E-state index in [0.29, 0.717) is 10.7 Å². The number of nitrogens with zero attached hydrogens (tertiary/aromatic N) is 1. The predicted octanol–water partition coefficient (Wildman–Crippen LogP) is 3.35. The van der Waals surface area contributed by atoms with Crippen molar-refractivity contribution < 1.29 is 18.7 Å². The number of aromatic nitrogens is 1. The summed E-state index contributed by atoms with van der Waals surface area (Å²) in [6, 6.07) is 12.1. The van der Waals surface area contributed by atoms with Crippen molar-refractivity contribution in [2.24, 2.45) is 0 Å². The first-order valence-electron chi connectivity index (χ1n) is 7.87. The molecule has 0 fully saturated rings. The first kappa shape index (κ1) is 18.5. The van der Waals surface area contributed by atoms with Crippen LogP contribution in [0, 0.1) is 5.82 Å². The zero-order valence-corrected chi connectivity index (χ0v) is 15.0. The zero-order chi connectivity index (χ0) is 19.4. The number of amides is 2. The van der Waals surface area contributed by atoms with Crippen molar-refractivity contribution in [1.29, 1.82) is 0 Å². The highest BCUT2D eigenvalue weighted by atomic mass is 35.5. The largest absolute Gasteiger partial charge is 0.496 e. The lowest BCUT2D eigenvalue weighted by Gasteiger charge is -2.14. The molecule has 0 aliphatic carbocycles. The number of halogens is 2. The van der Waals surface area contributed by atoms with E-state index in [1.807, 2.05) is 12.1 Å². The van der Waals surface area contributed by atoms with E-state index in [4.69, 9.17) is 16.3 Å². The van der Waals surface area contributed by atoms with E-state index in [0.717, 1.165) is 6.07 Å². The molecular formula is C19H15ClFN3O3. The molecule has 0 unspecified atom stereocenters. The van der Waals surface area contributed by atoms with Gasteiger partial charge in [0.25, 0.3) is 11.8 Å². The smallest absolute Gasteiger partial charge is 0.273 e. The molecule has 0 radical (unpaired) electrons. The van der Waals surface area contributed by atoms with E-state index in [1.54, 1.807) is 23.0 Å². The molecule has 2 amide bonds. The summed E-state index contributed by atoms with van der Waals surface area (Å²) in [5, 5.41) is 0.317. The first-order chi connectivity index (χ1) is 13.0. The number of nitrogens with one attached hydrogen (secondary N) is 2. The lowest BCUT2D eigenvalue weighted by Crippen LogP contribution is -2.42. The Bertz CT molecular complexity index is 990. The standard InChI is InChI=1S/C19H15ClFN3O3/c1-27-17-11-16(24-8-4-5-9-24)14(20)10-13(17)19(26)23-22-18(25)12-6-2-3-7-15(12)21/h2-11H,1H3,(H,22,25)(H,23,26). The number of benzene rings is 2. The molecule has 6 nitrogen and oxygen atoms in total. The van der Waals surface area contributed by atoms with Gasteiger partial charge in [0.2, 0.25) is 0 Å². The Morgan fingerprint density at radius 1 is 1.00 bits per heavy atom. The summed E-state index contributed by atoms with van der Waals surface area (Å²) in [5.74, 6) is -1.87. The predicted molar refractivity (Wildman–Crippen MR) is 98.7 cm³/mol. The molecule has 1 aromatic heterocycles. The molecule has 0 spiro atoms. The molecule has 0 aliphatic heterocycles. The number of carbonyl (C=O) groups is 2. The van der Waals surface area contributed by atoms with Gasteiger partial charge < -0.3 is 9.30 Å². The number of hydrazine groups is 1. The Kier molecular flexibility index (Phi) is 5.42. The fraction of sp³-hybridized carbons (Fsp3) is 0.0526. The maximum Gasteiger partial charge on any atom is 0.273 e. The number of ether oxygens (including phenoxy) is 1. The Morgan fingerprint density at radius 3 is 2.26 bits per heavy atom. The van der Waals surface area contributed by atoms with E-state index in [9.17, 15) is 14.0 Å². The second-order valence-corrected chi connectivity index (χ2v) is 5.89. The van der Waals surface area contributed by atoms with Gasteiger partial charge in [-0.1, -0.05) is 23.7 Å². The third kappa shape index (κ3) is 3.93. The van der Waals surface area contributed by atoms with Crippen LogP contribution >= 0.6 is 11.6 Å². The van der Waals surface area contributed by atoms with E-state index in [1.165, 1.54) is 31.4 Å². The lowest BCUT2D eigenvalue weighted by atomic mass is 10.1. The number of hydrogen-bond donors (Lipinski definition) is 2. The first-order valence-corrected chi connectivity index (χ1v) is 8.25. The fourth-order valence-corrected chi connectivity index (χ4v) is 2.74. The van der Waals surface area contributed by atoms with Crippen LogP contribution in [0.3, 0.4) is 0 Å². The molecule has 1 heterocycles. The summed E-state index contributed by atoms with van der Waals surface area (Å²) in [6.07, 6.45) is 3.60. The van der Waals surface area contributed by atoms with Crippen LogP contribution in [0.2, 0.25) is 5.02 Å². The highest BCUT2D eigenvalue weighted by Gasteiger charge is 2.18. The second-order valence-electron chi connectivity index (χ2n) is 5.48. The van der Waals surface area contributed by atoms with E-state index >= 15 is 0 Å². The van der Waals surface area contributed by atoms with Gasteiger partial charge >= 0.3 is 0 Å². The van der Waals surface area contributed by atoms with Crippen LogP contribution in [0.4, 0.5) is 4.39 Å². The van der Waals surface area contributed by atoms with Gasteiger partial charge in [0.1, 0.15) is 11.6 Å². The number of carbonyl (C=O) groups excluding carboxylic acids is 2. The molecular weight excluding hydrogens is 373 g/mol. The van der Waals surface area contributed by atoms with Crippen molar-refractivity contribution in [2.45, 2.75) is 0 Å². The molecule has 0 saturated heterocycles. The Hall–Kier alpha value is -3.32. The Morgan fingerprint density at radius 2 is 1.63 bits per heavy atom. The van der Waals surface area contributed by atoms with Gasteiger partial charge in [-0.25, -0.2) is 4.39 Å². The van der Waals surface area contributed by atoms with Crippen LogP contribution in [-0.4, -0.2) is 23.5 Å². The average molecular weight is 388 g/mol. The highest BCUT2D eigenvalue weighted by Crippen LogP contribution is 2.29. The van der Waals surface area contributed by atoms with Gasteiger partial charge in [-0.15, -0.1) is 0 Å². The van der Waals surface area contributed by atoms with E-state index in [2.05, 4.69) is 10.9 Å². The Balaban J connectivity index is 1.79. The molecule has 3 rings (SSSR count). The minimum atomic E-state index is -0.782. The topological polar surface area (TPSA) is 72.4 Å². The minimum Gasteiger partial charge on any atom is -0.496 e. The van der Waals surface area contributed by atoms with Gasteiger partial charge in [-0.2, -0.15) is 0 Å². The summed E-state index contributed by atoms with van der Waals surface area (Å²) in [6.45, 7) is 0. The van der Waals surface area contributed by atoms with Crippen LogP contribution in [0.25, 0.3) is 5.69 Å². The molecule has 0 bridgehead atoms. The monoisotopic (exact) mass is 387 g/mol. The summed E-state index contributed by atoms with van der Waals surface area (Å²) in [7, 11) is 1.41. The van der Waals surface area contributed by atoms with E-state index < -0.39 is 17.6 Å². The van der Waals surface area contributed by atoms with Gasteiger partial charge in [0, 0.05) is 18.5 Å². The van der Waals surface area contributed by atoms with Crippen LogP contribution < -0.4 is 15.6 Å². The molecule has 8 heteroatoms. The van der Waals surface area contributed by atoms with Gasteiger partial charge in [-0.05, 0) is 30.3 Å². The molecule has 27 heavy (non-hydrogen) atoms. The second kappa shape index (κ2) is 7.92. The van der Waals surface area contributed by atoms with Gasteiger partial charge in [0.05, 0.1) is 28.9 Å². The molecule has 0 aliphatic rings. The third-order valence-electron chi connectivity index (χ3n) is 3.80. The van der Waals surface area contributed by atoms with Crippen LogP contribution in [0.1, 0.15) is 20.7 Å². The average Bonchev–Trinajstić information content (AvgIpc) is 3.20. The van der Waals surface area contributed by atoms with Crippen molar-refractivity contribution in [2.75, 3.05) is 7.11 Å². The summed E-state index contributed by atoms with van der Waals surface area (Å²) in [5.41, 5.74) is 4.96. The highest BCUT2D eigenvalue weighted by molar-refractivity contribution is 6.33. The fourth-order valence-electron chi connectivity index (χ4n) is 2.48. The summed E-state index contributed by atoms with van der Waals surface area (Å²) >= 11 is 6.28. The number of rotatable bonds is 4. The van der Waals surface area contributed by atoms with Gasteiger partial charge in [-0.3, -0.25) is 20.4 Å². The van der Waals surface area contributed by atoms with Gasteiger partial charge in [0.15, 0.2) is 0 Å². The molecule has 0 saturated carbocycles. The lowest BCUT2D eigenvalue weighted by molar-refractivity contribution is 0.0842. The van der Waals surface area contributed by atoms with Crippen molar-refractivity contribution >= 4 is 23.4 Å². The van der Waals surface area contributed by atoms with Crippen LogP contribution in [0.15, 0.2) is 60.9 Å². The van der Waals surface area contributed by atoms with Crippen LogP contribution in [0.5, 0.6) is 5.75 Å². The van der Waals surface area contributed by atoms with E-state index in [-0.39, 0.29) is 16.9 Å². The van der Waals surface area contributed by atoms with Crippen molar-refractivity contribution in [1.82, 2.24) is 15.4 Å². The molecule has 138 valence electrons. The van der Waals surface area contributed by atoms with Crippen molar-refractivity contribution in [3.8, 4) is 11.4 Å². The zero-order valence-electron chi connectivity index (χ0n) is 14.2. The number of methoxy groups -OCH3 is 1. The normalized spacial score (nSPS) is 10.3. The molecule has 2 N–H and O–H groups in total. The summed E-state index contributed by atoms with van der Waals surface area (Å²) in [4.78, 5) is 24.4. The quantitative estimate of drug-likeness (QED) is 0.674. The maximum absolute atomic E-state index is 13.6. The molecule has 2 aromatic carbocycles. The Labute approximate surface area is 159 Å². The van der Waals surface area contributed by atoms with Crippen molar-refractivity contribution in [3.63, 3.8) is 0 Å². The maximum atomic E-state index is 13.6.